The molecule has 4 nitrogen and oxygen atoms in total. The number of nitrogens with zero attached hydrogens (tertiary/aromatic N) is 4. The normalized spacial score (nSPS) is 11.7. The first-order valence-electron chi connectivity index (χ1n) is 18.1. The third-order valence-electron chi connectivity index (χ3n) is 11.2. The van der Waals surface area contributed by atoms with Crippen LogP contribution in [0.5, 0.6) is 0 Å². The van der Waals surface area contributed by atoms with Crippen LogP contribution in [0.25, 0.3) is 98.4 Å². The zero-order valence-corrected chi connectivity index (χ0v) is 29.0. The number of rotatable bonds is 3. The Balaban J connectivity index is 1.21. The van der Waals surface area contributed by atoms with E-state index < -0.39 is 0 Å². The van der Waals surface area contributed by atoms with E-state index in [1.54, 1.807) is 0 Å². The van der Waals surface area contributed by atoms with E-state index in [2.05, 4.69) is 173 Å². The molecular weight excluding hydrogens is 657 g/mol. The third kappa shape index (κ3) is 4.17. The highest BCUT2D eigenvalue weighted by atomic mass is 15.0. The van der Waals surface area contributed by atoms with Crippen LogP contribution in [0.1, 0.15) is 11.1 Å². The highest BCUT2D eigenvalue weighted by molar-refractivity contribution is 6.23. The molecule has 0 spiro atoms. The summed E-state index contributed by atoms with van der Waals surface area (Å²) >= 11 is 0. The van der Waals surface area contributed by atoms with Gasteiger partial charge < -0.3 is 9.13 Å². The molecule has 248 valence electrons. The van der Waals surface area contributed by atoms with Gasteiger partial charge in [-0.15, -0.1) is 0 Å². The molecule has 0 N–H and O–H groups in total. The van der Waals surface area contributed by atoms with Crippen molar-refractivity contribution in [1.29, 1.82) is 10.5 Å². The van der Waals surface area contributed by atoms with Gasteiger partial charge in [-0.2, -0.15) is 10.5 Å². The minimum Gasteiger partial charge on any atom is -0.308 e. The smallest absolute Gasteiger partial charge is 0.101 e. The summed E-state index contributed by atoms with van der Waals surface area (Å²) in [5.74, 6) is 0. The average Bonchev–Trinajstić information content (AvgIpc) is 3.76. The molecule has 11 rings (SSSR count). The summed E-state index contributed by atoms with van der Waals surface area (Å²) in [6.07, 6.45) is 0. The second-order valence-electron chi connectivity index (χ2n) is 13.9. The lowest BCUT2D eigenvalue weighted by Gasteiger charge is -2.16. The fourth-order valence-electron chi connectivity index (χ4n) is 8.82. The molecule has 9 aromatic carbocycles. The van der Waals surface area contributed by atoms with Crippen molar-refractivity contribution in [2.24, 2.45) is 0 Å². The minimum absolute atomic E-state index is 0.487. The van der Waals surface area contributed by atoms with E-state index in [1.807, 2.05) is 18.2 Å². The van der Waals surface area contributed by atoms with Crippen LogP contribution in [0.2, 0.25) is 0 Å². The van der Waals surface area contributed by atoms with Crippen molar-refractivity contribution in [1.82, 2.24) is 9.13 Å². The summed E-state index contributed by atoms with van der Waals surface area (Å²) in [4.78, 5) is 0. The highest BCUT2D eigenvalue weighted by Crippen LogP contribution is 2.42. The van der Waals surface area contributed by atoms with Gasteiger partial charge in [0.1, 0.15) is 12.1 Å². The van der Waals surface area contributed by atoms with Crippen molar-refractivity contribution in [2.75, 3.05) is 0 Å². The van der Waals surface area contributed by atoms with Crippen molar-refractivity contribution in [3.05, 3.63) is 181 Å². The molecule has 11 aromatic rings. The number of benzene rings is 9. The van der Waals surface area contributed by atoms with Gasteiger partial charge in [-0.1, -0.05) is 127 Å². The van der Waals surface area contributed by atoms with E-state index in [0.717, 1.165) is 70.7 Å². The van der Waals surface area contributed by atoms with Crippen molar-refractivity contribution < 1.29 is 0 Å². The van der Waals surface area contributed by atoms with Gasteiger partial charge in [-0.25, -0.2) is 0 Å². The molecule has 0 unspecified atom stereocenters. The lowest BCUT2D eigenvalue weighted by molar-refractivity contribution is 1.12. The second-order valence-corrected chi connectivity index (χ2v) is 13.9. The number of fused-ring (bicyclic) bond motifs is 11. The van der Waals surface area contributed by atoms with Crippen LogP contribution in [0, 0.1) is 22.7 Å². The van der Waals surface area contributed by atoms with Crippen molar-refractivity contribution in [3.8, 4) is 34.6 Å². The van der Waals surface area contributed by atoms with E-state index >= 15 is 0 Å². The van der Waals surface area contributed by atoms with Crippen LogP contribution in [-0.4, -0.2) is 9.13 Å². The Morgan fingerprint density at radius 3 is 1.43 bits per heavy atom. The lowest BCUT2D eigenvalue weighted by atomic mass is 9.96. The van der Waals surface area contributed by atoms with Gasteiger partial charge in [0, 0.05) is 21.5 Å². The molecule has 2 heterocycles. The Morgan fingerprint density at radius 1 is 0.352 bits per heavy atom. The number of aromatic nitrogens is 2. The monoisotopic (exact) mass is 684 g/mol. The SMILES string of the molecule is N#Cc1cc(-n2c3ccc(-c4cccc5ccccc45)cc3c3c4ccccc4ccc32)c(C#N)cc1-n1c2ccccc2c2c3ccccc3ccc21. The Morgan fingerprint density at radius 2 is 0.815 bits per heavy atom. The molecule has 54 heavy (non-hydrogen) atoms. The first kappa shape index (κ1) is 30.0. The number of nitriles is 2. The van der Waals surface area contributed by atoms with Gasteiger partial charge in [0.15, 0.2) is 0 Å². The molecule has 0 atom stereocenters. The summed E-state index contributed by atoms with van der Waals surface area (Å²) in [5.41, 5.74) is 8.57. The van der Waals surface area contributed by atoms with E-state index in [4.69, 9.17) is 0 Å². The van der Waals surface area contributed by atoms with Crippen LogP contribution in [0.4, 0.5) is 0 Å². The van der Waals surface area contributed by atoms with E-state index in [-0.39, 0.29) is 0 Å². The number of hydrogen-bond donors (Lipinski definition) is 0. The van der Waals surface area contributed by atoms with Gasteiger partial charge in [0.2, 0.25) is 0 Å². The van der Waals surface area contributed by atoms with E-state index in [0.29, 0.717) is 22.5 Å². The van der Waals surface area contributed by atoms with Crippen molar-refractivity contribution >= 4 is 75.9 Å². The molecule has 0 saturated carbocycles. The summed E-state index contributed by atoms with van der Waals surface area (Å²) in [5, 5.41) is 33.2. The Hall–Kier alpha value is -7.66. The maximum atomic E-state index is 10.9. The van der Waals surface area contributed by atoms with Gasteiger partial charge in [-0.05, 0) is 85.9 Å². The maximum absolute atomic E-state index is 10.9. The molecule has 0 fully saturated rings. The quantitative estimate of drug-likeness (QED) is 0.186. The maximum Gasteiger partial charge on any atom is 0.101 e. The Bertz CT molecular complexity index is 3470. The average molecular weight is 685 g/mol. The van der Waals surface area contributed by atoms with Crippen LogP contribution < -0.4 is 0 Å². The van der Waals surface area contributed by atoms with Gasteiger partial charge in [-0.3, -0.25) is 0 Å². The predicted octanol–water partition coefficient (Wildman–Crippen LogP) is 12.8. The second kappa shape index (κ2) is 11.4. The molecule has 2 aromatic heterocycles. The molecule has 0 radical (unpaired) electrons. The number of para-hydroxylation sites is 1. The molecule has 0 aliphatic carbocycles. The summed E-state index contributed by atoms with van der Waals surface area (Å²) < 4.78 is 4.32. The molecule has 4 heteroatoms. The number of hydrogen-bond acceptors (Lipinski definition) is 2. The molecule has 0 aliphatic heterocycles. The van der Waals surface area contributed by atoms with Crippen molar-refractivity contribution in [2.45, 2.75) is 0 Å². The van der Waals surface area contributed by atoms with Gasteiger partial charge >= 0.3 is 0 Å². The highest BCUT2D eigenvalue weighted by Gasteiger charge is 2.22. The van der Waals surface area contributed by atoms with E-state index in [1.165, 1.54) is 16.3 Å². The first-order valence-corrected chi connectivity index (χ1v) is 18.1. The molecular formula is C50H28N4. The Labute approximate surface area is 310 Å². The predicted molar refractivity (Wildman–Crippen MR) is 223 cm³/mol. The molecule has 0 aliphatic rings. The van der Waals surface area contributed by atoms with Crippen LogP contribution in [0.3, 0.4) is 0 Å². The largest absolute Gasteiger partial charge is 0.308 e. The summed E-state index contributed by atoms with van der Waals surface area (Å²) in [6, 6.07) is 64.2. The molecule has 0 amide bonds. The van der Waals surface area contributed by atoms with Crippen molar-refractivity contribution in [3.63, 3.8) is 0 Å². The van der Waals surface area contributed by atoms with Crippen LogP contribution >= 0.6 is 0 Å². The van der Waals surface area contributed by atoms with Gasteiger partial charge in [0.25, 0.3) is 0 Å². The fraction of sp³-hybridized carbons (Fsp3) is 0. The zero-order valence-electron chi connectivity index (χ0n) is 29.0. The molecule has 0 bridgehead atoms. The van der Waals surface area contributed by atoms with Crippen LogP contribution in [0.15, 0.2) is 170 Å². The van der Waals surface area contributed by atoms with E-state index in [9.17, 15) is 10.5 Å². The first-order chi connectivity index (χ1) is 26.7. The summed E-state index contributed by atoms with van der Waals surface area (Å²) in [7, 11) is 0. The Kier molecular flexibility index (Phi) is 6.35. The third-order valence-corrected chi connectivity index (χ3v) is 11.2. The topological polar surface area (TPSA) is 57.4 Å². The zero-order chi connectivity index (χ0) is 35.9. The standard InChI is InChI=1S/C50H28N4/c51-29-35-28-48(36(30-52)27-47(35)53-43-19-8-7-17-41(43)49-39-15-5-2-11-32(39)20-24-45(49)53)54-44-23-22-34(38-18-9-13-31-10-1-4-14-37(31)38)26-42(44)50-40-16-6-3-12-33(40)21-25-46(50)54/h1-28H. The van der Waals surface area contributed by atoms with Gasteiger partial charge in [0.05, 0.1) is 44.6 Å². The molecule has 0 saturated heterocycles. The summed E-state index contributed by atoms with van der Waals surface area (Å²) in [6.45, 7) is 0. The lowest BCUT2D eigenvalue weighted by Crippen LogP contribution is -2.04. The minimum atomic E-state index is 0.487. The van der Waals surface area contributed by atoms with Crippen LogP contribution in [-0.2, 0) is 0 Å². The fourth-order valence-corrected chi connectivity index (χ4v) is 8.82.